The number of hydrogen-bond acceptors (Lipinski definition) is 7. The number of fused-ring (bicyclic) bond motifs is 1. The topological polar surface area (TPSA) is 103 Å². The smallest absolute Gasteiger partial charge is 0.413 e. The highest BCUT2D eigenvalue weighted by Gasteiger charge is 2.40. The van der Waals surface area contributed by atoms with Crippen LogP contribution in [0.25, 0.3) is 10.8 Å². The molecule has 0 aromatic heterocycles. The van der Waals surface area contributed by atoms with Crippen molar-refractivity contribution in [3.05, 3.63) is 41.5 Å². The van der Waals surface area contributed by atoms with Crippen molar-refractivity contribution >= 4 is 36.5 Å². The standard InChI is InChI=1S/C22H30NO7P/c1-7-28-31(26,29-8-2)14-15-11-17-13-16(20(24)27-6)9-10-18(17)19(12-15)23-21(25)30-22(3,4)5/h9-13,26H,7-8,14H2,1-6H3/p+1. The molecule has 0 aliphatic rings. The number of anilines is 1. The van der Waals surface area contributed by atoms with E-state index in [2.05, 4.69) is 5.32 Å². The highest BCUT2D eigenvalue weighted by atomic mass is 31.2. The average molecular weight is 452 g/mol. The van der Waals surface area contributed by atoms with Crippen LogP contribution in [-0.4, -0.2) is 42.9 Å². The van der Waals surface area contributed by atoms with Gasteiger partial charge in [0.05, 0.1) is 31.6 Å². The Morgan fingerprint density at radius 2 is 1.71 bits per heavy atom. The molecule has 1 amide bonds. The Morgan fingerprint density at radius 1 is 1.06 bits per heavy atom. The number of rotatable bonds is 8. The molecule has 0 aliphatic carbocycles. The molecule has 0 fully saturated rings. The van der Waals surface area contributed by atoms with Gasteiger partial charge in [0.1, 0.15) is 5.60 Å². The number of carbonyl (C=O) groups is 2. The Bertz CT molecular complexity index is 933. The molecule has 0 aliphatic heterocycles. The molecule has 2 N–H and O–H groups in total. The second kappa shape index (κ2) is 10.4. The van der Waals surface area contributed by atoms with Crippen LogP contribution in [0.2, 0.25) is 0 Å². The first-order valence-electron chi connectivity index (χ1n) is 10.0. The molecule has 0 unspecified atom stereocenters. The van der Waals surface area contributed by atoms with Crippen LogP contribution < -0.4 is 5.32 Å². The number of amides is 1. The minimum Gasteiger partial charge on any atom is -0.465 e. The molecule has 0 atom stereocenters. The third-order valence-corrected chi connectivity index (χ3v) is 6.20. The third kappa shape index (κ3) is 7.14. The molecule has 0 spiro atoms. The first-order valence-corrected chi connectivity index (χ1v) is 11.8. The van der Waals surface area contributed by atoms with Crippen molar-refractivity contribution in [3.8, 4) is 0 Å². The van der Waals surface area contributed by atoms with Crippen LogP contribution in [0, 0.1) is 0 Å². The van der Waals surface area contributed by atoms with Crippen LogP contribution in [0.5, 0.6) is 0 Å². The van der Waals surface area contributed by atoms with Crippen molar-refractivity contribution < 1.29 is 33.0 Å². The maximum Gasteiger partial charge on any atom is 0.413 e. The van der Waals surface area contributed by atoms with Gasteiger partial charge in [-0.05, 0) is 69.8 Å². The Hall–Kier alpha value is -2.25. The molecule has 2 aromatic rings. The number of ether oxygens (including phenoxy) is 2. The Labute approximate surface area is 183 Å². The highest BCUT2D eigenvalue weighted by molar-refractivity contribution is 7.59. The van der Waals surface area contributed by atoms with E-state index in [0.29, 0.717) is 40.8 Å². The van der Waals surface area contributed by atoms with E-state index in [4.69, 9.17) is 18.5 Å². The summed E-state index contributed by atoms with van der Waals surface area (Å²) in [6.07, 6.45) is -0.488. The number of hydrogen-bond donors (Lipinski definition) is 2. The van der Waals surface area contributed by atoms with E-state index in [9.17, 15) is 14.5 Å². The van der Waals surface area contributed by atoms with Crippen molar-refractivity contribution in [1.29, 1.82) is 0 Å². The molecule has 0 bridgehead atoms. The first kappa shape index (κ1) is 25.0. The fraction of sp³-hybridized carbons (Fsp3) is 0.455. The van der Waals surface area contributed by atoms with E-state index in [1.807, 2.05) is 6.07 Å². The van der Waals surface area contributed by atoms with Crippen LogP contribution >= 0.6 is 7.94 Å². The molecular formula is C22H31NO7P+. The average Bonchev–Trinajstić information content (AvgIpc) is 2.65. The second-order valence-electron chi connectivity index (χ2n) is 7.83. The van der Waals surface area contributed by atoms with E-state index in [-0.39, 0.29) is 6.16 Å². The number of nitrogens with one attached hydrogen (secondary N) is 1. The predicted octanol–water partition coefficient (Wildman–Crippen LogP) is 5.30. The molecule has 0 saturated carbocycles. The molecule has 0 radical (unpaired) electrons. The quantitative estimate of drug-likeness (QED) is 0.414. The summed E-state index contributed by atoms with van der Waals surface area (Å²) in [6.45, 7) is 9.49. The fourth-order valence-electron chi connectivity index (χ4n) is 3.05. The lowest BCUT2D eigenvalue weighted by Gasteiger charge is -2.21. The van der Waals surface area contributed by atoms with Gasteiger partial charge >= 0.3 is 20.0 Å². The van der Waals surface area contributed by atoms with Crippen molar-refractivity contribution in [1.82, 2.24) is 0 Å². The summed E-state index contributed by atoms with van der Waals surface area (Å²) in [6, 6.07) is 8.59. The van der Waals surface area contributed by atoms with E-state index < -0.39 is 25.6 Å². The van der Waals surface area contributed by atoms with E-state index in [1.165, 1.54) is 7.11 Å². The summed E-state index contributed by atoms with van der Waals surface area (Å²) in [7, 11) is -1.82. The lowest BCUT2D eigenvalue weighted by molar-refractivity contribution is 0.0598. The summed E-state index contributed by atoms with van der Waals surface area (Å²) >= 11 is 0. The summed E-state index contributed by atoms with van der Waals surface area (Å²) in [5.41, 5.74) is 0.872. The van der Waals surface area contributed by atoms with Gasteiger partial charge in [0, 0.05) is 5.39 Å². The monoisotopic (exact) mass is 452 g/mol. The van der Waals surface area contributed by atoms with Crippen LogP contribution in [0.15, 0.2) is 30.3 Å². The molecule has 0 heterocycles. The lowest BCUT2D eigenvalue weighted by Crippen LogP contribution is -2.27. The number of carbonyl (C=O) groups excluding carboxylic acids is 2. The Kier molecular flexibility index (Phi) is 8.37. The molecule has 31 heavy (non-hydrogen) atoms. The van der Waals surface area contributed by atoms with Gasteiger partial charge in [0.15, 0.2) is 6.16 Å². The molecular weight excluding hydrogens is 421 g/mol. The van der Waals surface area contributed by atoms with Gasteiger partial charge in [-0.15, -0.1) is 0 Å². The molecule has 8 nitrogen and oxygen atoms in total. The van der Waals surface area contributed by atoms with Crippen molar-refractivity contribution in [2.45, 2.75) is 46.4 Å². The fourth-order valence-corrected chi connectivity index (χ4v) is 4.76. The zero-order valence-electron chi connectivity index (χ0n) is 18.9. The molecule has 2 aromatic carbocycles. The summed E-state index contributed by atoms with van der Waals surface area (Å²) < 4.78 is 21.2. The van der Waals surface area contributed by atoms with Crippen LogP contribution in [0.3, 0.4) is 0 Å². The minimum atomic E-state index is -3.13. The van der Waals surface area contributed by atoms with E-state index >= 15 is 0 Å². The van der Waals surface area contributed by atoms with Gasteiger partial charge in [-0.25, -0.2) is 9.59 Å². The van der Waals surface area contributed by atoms with Gasteiger partial charge in [-0.3, -0.25) is 5.32 Å². The maximum atomic E-state index is 12.4. The minimum absolute atomic E-state index is 0.121. The predicted molar refractivity (Wildman–Crippen MR) is 121 cm³/mol. The number of benzene rings is 2. The molecule has 170 valence electrons. The van der Waals surface area contributed by atoms with Gasteiger partial charge in [-0.2, -0.15) is 13.9 Å². The zero-order chi connectivity index (χ0) is 23.2. The van der Waals surface area contributed by atoms with Crippen molar-refractivity contribution in [3.63, 3.8) is 0 Å². The summed E-state index contributed by atoms with van der Waals surface area (Å²) in [5, 5.41) is 4.16. The number of methoxy groups -OCH3 is 1. The lowest BCUT2D eigenvalue weighted by atomic mass is 10.0. The zero-order valence-corrected chi connectivity index (χ0v) is 19.7. The summed E-state index contributed by atoms with van der Waals surface area (Å²) in [4.78, 5) is 35.2. The summed E-state index contributed by atoms with van der Waals surface area (Å²) in [5.74, 6) is -0.471. The normalized spacial score (nSPS) is 12.0. The molecule has 9 heteroatoms. The molecule has 0 saturated heterocycles. The Morgan fingerprint density at radius 3 is 2.26 bits per heavy atom. The van der Waals surface area contributed by atoms with Crippen molar-refractivity contribution in [2.24, 2.45) is 0 Å². The maximum absolute atomic E-state index is 12.4. The second-order valence-corrected chi connectivity index (χ2v) is 9.94. The van der Waals surface area contributed by atoms with Crippen LogP contribution in [0.4, 0.5) is 10.5 Å². The first-order chi connectivity index (χ1) is 14.5. The third-order valence-electron chi connectivity index (χ3n) is 4.11. The molecule has 2 rings (SSSR count). The highest BCUT2D eigenvalue weighted by Crippen LogP contribution is 2.59. The largest absolute Gasteiger partial charge is 0.465 e. The van der Waals surface area contributed by atoms with Gasteiger partial charge in [0.2, 0.25) is 0 Å². The van der Waals surface area contributed by atoms with E-state index in [1.54, 1.807) is 58.9 Å². The SMILES string of the molecule is CCO[P+](O)(Cc1cc(NC(=O)OC(C)(C)C)c2ccc(C(=O)OC)cc2c1)OCC. The van der Waals surface area contributed by atoms with Crippen molar-refractivity contribution in [2.75, 3.05) is 25.6 Å². The van der Waals surface area contributed by atoms with Gasteiger partial charge in [-0.1, -0.05) is 6.07 Å². The Balaban J connectivity index is 2.53. The van der Waals surface area contributed by atoms with Crippen LogP contribution in [0.1, 0.15) is 50.5 Å². The van der Waals surface area contributed by atoms with Gasteiger partial charge < -0.3 is 9.47 Å². The van der Waals surface area contributed by atoms with Gasteiger partial charge in [0.25, 0.3) is 0 Å². The number of esters is 1. The van der Waals surface area contributed by atoms with Crippen LogP contribution in [-0.2, 0) is 24.7 Å². The van der Waals surface area contributed by atoms with E-state index in [0.717, 1.165) is 0 Å².